The summed E-state index contributed by atoms with van der Waals surface area (Å²) < 4.78 is 6.11. The first-order valence-electron chi connectivity index (χ1n) is 7.23. The molecule has 1 aliphatic carbocycles. The maximum absolute atomic E-state index is 6.11. The lowest BCUT2D eigenvalue weighted by molar-refractivity contribution is -0.119. The van der Waals surface area contributed by atoms with Crippen LogP contribution < -0.4 is 5.32 Å². The van der Waals surface area contributed by atoms with Gasteiger partial charge >= 0.3 is 0 Å². The molecule has 3 heteroatoms. The third-order valence-electron chi connectivity index (χ3n) is 4.60. The molecule has 1 N–H and O–H groups in total. The smallest absolute Gasteiger partial charge is 0.0687 e. The van der Waals surface area contributed by atoms with Gasteiger partial charge in [0.15, 0.2) is 0 Å². The number of hydrogen-bond acceptors (Lipinski definition) is 2. The van der Waals surface area contributed by atoms with Crippen molar-refractivity contribution >= 4 is 7.85 Å². The van der Waals surface area contributed by atoms with E-state index in [2.05, 4.69) is 12.2 Å². The van der Waals surface area contributed by atoms with Crippen molar-refractivity contribution in [2.75, 3.05) is 19.7 Å². The Morgan fingerprint density at radius 3 is 2.65 bits per heavy atom. The molecule has 0 amide bonds. The monoisotopic (exact) mass is 235 g/mol. The molecule has 2 fully saturated rings. The first kappa shape index (κ1) is 13.4. The lowest BCUT2D eigenvalue weighted by Crippen LogP contribution is -2.43. The maximum Gasteiger partial charge on any atom is 0.0687 e. The van der Waals surface area contributed by atoms with Crippen molar-refractivity contribution in [3.63, 3.8) is 0 Å². The molecule has 0 aromatic heterocycles. The summed E-state index contributed by atoms with van der Waals surface area (Å²) in [7, 11) is 5.49. The van der Waals surface area contributed by atoms with Crippen LogP contribution in [0.5, 0.6) is 0 Å². The fraction of sp³-hybridized carbons (Fsp3) is 1.00. The molecular weight excluding hydrogens is 209 g/mol. The van der Waals surface area contributed by atoms with Crippen LogP contribution in [0.25, 0.3) is 0 Å². The molecule has 0 bridgehead atoms. The highest BCUT2D eigenvalue weighted by molar-refractivity contribution is 6.08. The van der Waals surface area contributed by atoms with E-state index >= 15 is 0 Å². The number of hydrogen-bond donors (Lipinski definition) is 1. The van der Waals surface area contributed by atoms with Crippen molar-refractivity contribution in [2.24, 2.45) is 5.41 Å². The zero-order valence-electron chi connectivity index (χ0n) is 11.3. The molecule has 1 unspecified atom stereocenters. The van der Waals surface area contributed by atoms with Crippen molar-refractivity contribution in [1.82, 2.24) is 5.32 Å². The van der Waals surface area contributed by atoms with Gasteiger partial charge < -0.3 is 10.1 Å². The summed E-state index contributed by atoms with van der Waals surface area (Å²) >= 11 is 0. The highest BCUT2D eigenvalue weighted by Crippen LogP contribution is 2.48. The molecule has 1 spiro atoms. The third kappa shape index (κ3) is 3.48. The van der Waals surface area contributed by atoms with E-state index in [-0.39, 0.29) is 5.60 Å². The topological polar surface area (TPSA) is 21.3 Å². The number of rotatable bonds is 5. The quantitative estimate of drug-likeness (QED) is 0.584. The van der Waals surface area contributed by atoms with Gasteiger partial charge in [0.2, 0.25) is 0 Å². The molecule has 1 saturated carbocycles. The largest absolute Gasteiger partial charge is 0.375 e. The van der Waals surface area contributed by atoms with E-state index < -0.39 is 0 Å². The first-order chi connectivity index (χ1) is 8.18. The van der Waals surface area contributed by atoms with E-state index in [9.17, 15) is 0 Å². The van der Waals surface area contributed by atoms with E-state index in [1.165, 1.54) is 44.9 Å². The van der Waals surface area contributed by atoms with Crippen LogP contribution in [-0.4, -0.2) is 33.1 Å². The van der Waals surface area contributed by atoms with E-state index in [4.69, 9.17) is 12.6 Å². The SMILES string of the molecule is [B]CCNCCC1(C)CCOC2(CCCC2)C1. The van der Waals surface area contributed by atoms with E-state index in [1.807, 2.05) is 0 Å². The molecule has 2 rings (SSSR count). The van der Waals surface area contributed by atoms with Gasteiger partial charge in [0.25, 0.3) is 0 Å². The van der Waals surface area contributed by atoms with Crippen molar-refractivity contribution in [2.45, 2.75) is 63.8 Å². The minimum atomic E-state index is 0.251. The van der Waals surface area contributed by atoms with E-state index in [0.717, 1.165) is 26.0 Å². The van der Waals surface area contributed by atoms with E-state index in [0.29, 0.717) is 5.41 Å². The van der Waals surface area contributed by atoms with Gasteiger partial charge in [0.1, 0.15) is 0 Å². The Balaban J connectivity index is 1.82. The summed E-state index contributed by atoms with van der Waals surface area (Å²) in [5.41, 5.74) is 0.727. The van der Waals surface area contributed by atoms with Gasteiger partial charge in [-0.1, -0.05) is 26.1 Å². The van der Waals surface area contributed by atoms with Crippen LogP contribution in [0.4, 0.5) is 0 Å². The fourth-order valence-electron chi connectivity index (χ4n) is 3.60. The number of nitrogens with one attached hydrogen (secondary N) is 1. The zero-order chi connectivity index (χ0) is 12.2. The third-order valence-corrected chi connectivity index (χ3v) is 4.60. The summed E-state index contributed by atoms with van der Waals surface area (Å²) in [5.74, 6) is 0. The van der Waals surface area contributed by atoms with Crippen LogP contribution in [0.2, 0.25) is 6.32 Å². The molecular formula is C14H26BNO. The predicted octanol–water partition coefficient (Wildman–Crippen LogP) is 2.68. The average molecular weight is 235 g/mol. The Morgan fingerprint density at radius 1 is 1.18 bits per heavy atom. The summed E-state index contributed by atoms with van der Waals surface area (Å²) in [5, 5.41) is 3.42. The van der Waals surface area contributed by atoms with Crippen LogP contribution in [0.15, 0.2) is 0 Å². The van der Waals surface area contributed by atoms with Crippen LogP contribution in [0.1, 0.15) is 51.9 Å². The normalized spacial score (nSPS) is 32.1. The lowest BCUT2D eigenvalue weighted by atomic mass is 9.71. The summed E-state index contributed by atoms with van der Waals surface area (Å²) in [6, 6.07) is 0. The highest BCUT2D eigenvalue weighted by atomic mass is 16.5. The molecule has 1 aliphatic heterocycles. The zero-order valence-corrected chi connectivity index (χ0v) is 11.3. The molecule has 2 aliphatic rings. The second kappa shape index (κ2) is 5.75. The Morgan fingerprint density at radius 2 is 1.94 bits per heavy atom. The minimum absolute atomic E-state index is 0.251. The Kier molecular flexibility index (Phi) is 4.54. The van der Waals surface area contributed by atoms with Gasteiger partial charge in [0.05, 0.1) is 13.4 Å². The van der Waals surface area contributed by atoms with Crippen molar-refractivity contribution in [1.29, 1.82) is 0 Å². The highest BCUT2D eigenvalue weighted by Gasteiger charge is 2.44. The van der Waals surface area contributed by atoms with Crippen LogP contribution in [0, 0.1) is 5.41 Å². The van der Waals surface area contributed by atoms with Gasteiger partial charge in [-0.05, 0) is 50.6 Å². The van der Waals surface area contributed by atoms with Crippen molar-refractivity contribution in [3.8, 4) is 0 Å². The number of ether oxygens (including phenoxy) is 1. The molecule has 1 heterocycles. The van der Waals surface area contributed by atoms with Gasteiger partial charge in [-0.25, -0.2) is 0 Å². The average Bonchev–Trinajstić information content (AvgIpc) is 2.72. The molecule has 0 aromatic carbocycles. The van der Waals surface area contributed by atoms with Crippen LogP contribution >= 0.6 is 0 Å². The Labute approximate surface area is 107 Å². The van der Waals surface area contributed by atoms with E-state index in [1.54, 1.807) is 0 Å². The molecule has 2 nitrogen and oxygen atoms in total. The summed E-state index contributed by atoms with van der Waals surface area (Å²) in [6.07, 6.45) is 9.80. The molecule has 0 aromatic rings. The standard InChI is InChI=1S/C14H26BNO/c1-13(6-9-16-10-8-15)7-11-17-14(12-13)4-2-3-5-14/h16H,2-12H2,1H3. The maximum atomic E-state index is 6.11. The van der Waals surface area contributed by atoms with Crippen molar-refractivity contribution < 1.29 is 4.74 Å². The molecule has 2 radical (unpaired) electrons. The predicted molar refractivity (Wildman–Crippen MR) is 72.5 cm³/mol. The second-order valence-corrected chi connectivity index (χ2v) is 6.26. The van der Waals surface area contributed by atoms with Crippen LogP contribution in [-0.2, 0) is 4.74 Å². The molecule has 17 heavy (non-hydrogen) atoms. The van der Waals surface area contributed by atoms with Gasteiger partial charge in [-0.3, -0.25) is 0 Å². The van der Waals surface area contributed by atoms with Crippen molar-refractivity contribution in [3.05, 3.63) is 0 Å². The van der Waals surface area contributed by atoms with Gasteiger partial charge in [0, 0.05) is 6.61 Å². The Hall–Kier alpha value is -0.0151. The Bertz CT molecular complexity index is 240. The van der Waals surface area contributed by atoms with Gasteiger partial charge in [-0.15, -0.1) is 0 Å². The fourth-order valence-corrected chi connectivity index (χ4v) is 3.60. The molecule has 1 atom stereocenters. The summed E-state index contributed by atoms with van der Waals surface area (Å²) in [4.78, 5) is 0. The molecule has 96 valence electrons. The first-order valence-corrected chi connectivity index (χ1v) is 7.23. The van der Waals surface area contributed by atoms with Gasteiger partial charge in [-0.2, -0.15) is 0 Å². The molecule has 1 saturated heterocycles. The van der Waals surface area contributed by atoms with Crippen LogP contribution in [0.3, 0.4) is 0 Å². The summed E-state index contributed by atoms with van der Waals surface area (Å²) in [6.45, 7) is 5.45. The lowest BCUT2D eigenvalue weighted by Gasteiger charge is -2.45. The second-order valence-electron chi connectivity index (χ2n) is 6.26. The minimum Gasteiger partial charge on any atom is -0.375 e.